The molecule has 38 heavy (non-hydrogen) atoms. The molecule has 198 valence electrons. The van der Waals surface area contributed by atoms with Crippen molar-refractivity contribution in [3.63, 3.8) is 0 Å². The molecule has 0 N–H and O–H groups in total. The second-order valence-corrected chi connectivity index (χ2v) is 12.2. The molecule has 0 bridgehead atoms. The van der Waals surface area contributed by atoms with Crippen LogP contribution in [0.15, 0.2) is 48.5 Å². The zero-order valence-electron chi connectivity index (χ0n) is 25.8. The normalized spacial score (nSPS) is 11.6. The highest BCUT2D eigenvalue weighted by Gasteiger charge is 2.35. The van der Waals surface area contributed by atoms with Gasteiger partial charge in [-0.3, -0.25) is 0 Å². The van der Waals surface area contributed by atoms with E-state index in [0.29, 0.717) is 0 Å². The Labute approximate surface area is 232 Å². The highest BCUT2D eigenvalue weighted by Crippen LogP contribution is 2.50. The number of aryl methyl sites for hydroxylation is 12. The highest BCUT2D eigenvalue weighted by atomic mass is 14.4. The lowest BCUT2D eigenvalue weighted by atomic mass is 9.66. The summed E-state index contributed by atoms with van der Waals surface area (Å²) in [5.74, 6) is 0.410. The zero-order chi connectivity index (χ0) is 28.0. The summed E-state index contributed by atoms with van der Waals surface area (Å²) in [5.41, 5.74) is 22.4. The fraction of sp³-hybridized carbons (Fsp3) is 0.368. The number of rotatable bonds is 5. The second kappa shape index (κ2) is 10.6. The van der Waals surface area contributed by atoms with Crippen molar-refractivity contribution >= 4 is 0 Å². The van der Waals surface area contributed by atoms with Crippen LogP contribution >= 0.6 is 0 Å². The summed E-state index contributed by atoms with van der Waals surface area (Å²) in [7, 11) is 0. The van der Waals surface area contributed by atoms with E-state index >= 15 is 0 Å². The minimum absolute atomic E-state index is 0.205. The van der Waals surface area contributed by atoms with Crippen LogP contribution in [0.5, 0.6) is 0 Å². The summed E-state index contributed by atoms with van der Waals surface area (Å²) in [5, 5.41) is 0. The monoisotopic (exact) mass is 502 g/mol. The molecule has 0 aliphatic carbocycles. The third kappa shape index (κ3) is 5.11. The second-order valence-electron chi connectivity index (χ2n) is 12.2. The van der Waals surface area contributed by atoms with E-state index in [-0.39, 0.29) is 11.8 Å². The van der Waals surface area contributed by atoms with Crippen LogP contribution in [0.25, 0.3) is 0 Å². The number of hydrogen-bond donors (Lipinski definition) is 0. The summed E-state index contributed by atoms with van der Waals surface area (Å²) in [4.78, 5) is 0. The Kier molecular flexibility index (Phi) is 7.76. The van der Waals surface area contributed by atoms with Gasteiger partial charge in [-0.2, -0.15) is 0 Å². The first-order valence-corrected chi connectivity index (χ1v) is 14.1. The standard InChI is InChI=1S/C38H46/c1-21-13-25(5)33(26(6)14-21)37(34-27(7)15-22(2)16-28(34)8)38(35-29(9)17-23(3)18-30(35)10)36-31(11)19-24(4)20-32(36)12/h13-20,37-38H,1-12H3. The van der Waals surface area contributed by atoms with Gasteiger partial charge in [0, 0.05) is 11.8 Å². The largest absolute Gasteiger partial charge is 0.0561 e. The van der Waals surface area contributed by atoms with Crippen LogP contribution in [0.3, 0.4) is 0 Å². The summed E-state index contributed by atoms with van der Waals surface area (Å²) in [6, 6.07) is 19.1. The molecular formula is C38H46. The molecule has 0 fully saturated rings. The summed E-state index contributed by atoms with van der Waals surface area (Å²) in [6.45, 7) is 27.5. The van der Waals surface area contributed by atoms with Gasteiger partial charge in [0.1, 0.15) is 0 Å². The van der Waals surface area contributed by atoms with Crippen LogP contribution in [0.1, 0.15) is 101 Å². The molecule has 0 heterocycles. The average molecular weight is 503 g/mol. The van der Waals surface area contributed by atoms with Crippen molar-refractivity contribution in [2.24, 2.45) is 0 Å². The van der Waals surface area contributed by atoms with E-state index in [9.17, 15) is 0 Å². The molecule has 0 spiro atoms. The van der Waals surface area contributed by atoms with Gasteiger partial charge in [-0.1, -0.05) is 70.8 Å². The molecule has 0 nitrogen and oxygen atoms in total. The molecule has 0 aliphatic rings. The van der Waals surface area contributed by atoms with Gasteiger partial charge in [-0.15, -0.1) is 0 Å². The van der Waals surface area contributed by atoms with Crippen molar-refractivity contribution in [1.82, 2.24) is 0 Å². The molecule has 0 radical (unpaired) electrons. The van der Waals surface area contributed by atoms with E-state index in [1.54, 1.807) is 0 Å². The van der Waals surface area contributed by atoms with Crippen LogP contribution in [-0.4, -0.2) is 0 Å². The third-order valence-corrected chi connectivity index (χ3v) is 8.53. The van der Waals surface area contributed by atoms with Gasteiger partial charge in [-0.05, 0) is 150 Å². The van der Waals surface area contributed by atoms with Crippen molar-refractivity contribution in [3.05, 3.63) is 138 Å². The summed E-state index contributed by atoms with van der Waals surface area (Å²) in [6.07, 6.45) is 0. The minimum Gasteiger partial charge on any atom is -0.0561 e. The Hall–Kier alpha value is -3.12. The molecule has 0 unspecified atom stereocenters. The summed E-state index contributed by atoms with van der Waals surface area (Å²) < 4.78 is 0. The fourth-order valence-corrected chi connectivity index (χ4v) is 7.68. The number of hydrogen-bond acceptors (Lipinski definition) is 0. The smallest absolute Gasteiger partial charge is 0.0210 e. The van der Waals surface area contributed by atoms with E-state index in [0.717, 1.165) is 0 Å². The van der Waals surface area contributed by atoms with Crippen molar-refractivity contribution in [2.45, 2.75) is 94.9 Å². The highest BCUT2D eigenvalue weighted by molar-refractivity contribution is 5.59. The maximum absolute atomic E-state index is 2.38. The zero-order valence-corrected chi connectivity index (χ0v) is 25.8. The van der Waals surface area contributed by atoms with Crippen molar-refractivity contribution in [1.29, 1.82) is 0 Å². The van der Waals surface area contributed by atoms with Gasteiger partial charge in [0.25, 0.3) is 0 Å². The van der Waals surface area contributed by atoms with E-state index in [4.69, 9.17) is 0 Å². The topological polar surface area (TPSA) is 0 Å². The maximum atomic E-state index is 2.38. The SMILES string of the molecule is Cc1cc(C)c(C(c2c(C)cc(C)cc2C)C(c2c(C)cc(C)cc2C)c2c(C)cc(C)cc2C)c(C)c1. The first kappa shape index (κ1) is 27.9. The van der Waals surface area contributed by atoms with E-state index < -0.39 is 0 Å². The molecule has 0 saturated carbocycles. The first-order chi connectivity index (χ1) is 17.8. The lowest BCUT2D eigenvalue weighted by molar-refractivity contribution is 0.663. The van der Waals surface area contributed by atoms with Crippen molar-refractivity contribution < 1.29 is 0 Å². The van der Waals surface area contributed by atoms with Crippen LogP contribution < -0.4 is 0 Å². The summed E-state index contributed by atoms with van der Waals surface area (Å²) >= 11 is 0. The Morgan fingerprint density at radius 3 is 0.526 bits per heavy atom. The molecule has 4 aromatic rings. The molecule has 0 aliphatic heterocycles. The lowest BCUT2D eigenvalue weighted by Crippen LogP contribution is -2.22. The first-order valence-electron chi connectivity index (χ1n) is 14.1. The average Bonchev–Trinajstić information content (AvgIpc) is 2.74. The van der Waals surface area contributed by atoms with Crippen molar-refractivity contribution in [3.8, 4) is 0 Å². The van der Waals surface area contributed by atoms with Crippen LogP contribution in [0, 0.1) is 83.1 Å². The lowest BCUT2D eigenvalue weighted by Gasteiger charge is -2.37. The predicted octanol–water partition coefficient (Wildman–Crippen LogP) is 10.4. The van der Waals surface area contributed by atoms with Gasteiger partial charge in [0.15, 0.2) is 0 Å². The molecule has 0 aromatic heterocycles. The molecule has 4 rings (SSSR count). The third-order valence-electron chi connectivity index (χ3n) is 8.53. The van der Waals surface area contributed by atoms with Crippen LogP contribution in [0.2, 0.25) is 0 Å². The minimum atomic E-state index is 0.205. The van der Waals surface area contributed by atoms with Gasteiger partial charge in [0.2, 0.25) is 0 Å². The van der Waals surface area contributed by atoms with Gasteiger partial charge in [-0.25, -0.2) is 0 Å². The molecule has 4 aromatic carbocycles. The van der Waals surface area contributed by atoms with E-state index in [2.05, 4.69) is 132 Å². The van der Waals surface area contributed by atoms with Crippen LogP contribution in [0.4, 0.5) is 0 Å². The van der Waals surface area contributed by atoms with Gasteiger partial charge in [0.05, 0.1) is 0 Å². The maximum Gasteiger partial charge on any atom is 0.0210 e. The van der Waals surface area contributed by atoms with E-state index in [1.807, 2.05) is 0 Å². The Balaban J connectivity index is 2.24. The Bertz CT molecular complexity index is 1200. The Morgan fingerprint density at radius 1 is 0.263 bits per heavy atom. The van der Waals surface area contributed by atoms with Gasteiger partial charge < -0.3 is 0 Å². The fourth-order valence-electron chi connectivity index (χ4n) is 7.68. The van der Waals surface area contributed by atoms with E-state index in [1.165, 1.54) is 89.0 Å². The van der Waals surface area contributed by atoms with Crippen LogP contribution in [-0.2, 0) is 0 Å². The number of benzene rings is 4. The molecule has 0 heteroatoms. The quantitative estimate of drug-likeness (QED) is 0.255. The molecule has 0 amide bonds. The molecule has 0 atom stereocenters. The van der Waals surface area contributed by atoms with Crippen molar-refractivity contribution in [2.75, 3.05) is 0 Å². The molecular weight excluding hydrogens is 456 g/mol. The van der Waals surface area contributed by atoms with Gasteiger partial charge >= 0.3 is 0 Å². The Morgan fingerprint density at radius 2 is 0.395 bits per heavy atom. The molecule has 0 saturated heterocycles. The predicted molar refractivity (Wildman–Crippen MR) is 166 cm³/mol.